The van der Waals surface area contributed by atoms with Crippen LogP contribution in [0, 0.1) is 0 Å². The summed E-state index contributed by atoms with van der Waals surface area (Å²) >= 11 is 0. The van der Waals surface area contributed by atoms with Crippen molar-refractivity contribution in [2.24, 2.45) is 0 Å². The minimum atomic E-state index is 1.30. The molecular formula is C11H25N2+. The van der Waals surface area contributed by atoms with Crippen LogP contribution in [0.3, 0.4) is 0 Å². The van der Waals surface area contributed by atoms with Crippen LogP contribution in [0.4, 0.5) is 0 Å². The van der Waals surface area contributed by atoms with E-state index in [0.717, 1.165) is 0 Å². The quantitative estimate of drug-likeness (QED) is 0.601. The van der Waals surface area contributed by atoms with Crippen molar-refractivity contribution in [3.05, 3.63) is 0 Å². The Kier molecular flexibility index (Phi) is 4.20. The van der Waals surface area contributed by atoms with E-state index in [-0.39, 0.29) is 0 Å². The fraction of sp³-hybridized carbons (Fsp3) is 1.00. The van der Waals surface area contributed by atoms with Gasteiger partial charge in [0.1, 0.15) is 0 Å². The van der Waals surface area contributed by atoms with Crippen LogP contribution in [-0.2, 0) is 0 Å². The van der Waals surface area contributed by atoms with Crippen molar-refractivity contribution in [1.29, 1.82) is 0 Å². The van der Waals surface area contributed by atoms with Crippen molar-refractivity contribution in [2.45, 2.75) is 27.2 Å². The highest BCUT2D eigenvalue weighted by molar-refractivity contribution is 4.62. The van der Waals surface area contributed by atoms with Gasteiger partial charge < -0.3 is 4.48 Å². The lowest BCUT2D eigenvalue weighted by atomic mass is 10.2. The van der Waals surface area contributed by atoms with E-state index in [0.29, 0.717) is 0 Å². The molecule has 13 heavy (non-hydrogen) atoms. The van der Waals surface area contributed by atoms with E-state index in [2.05, 4.69) is 25.7 Å². The second-order valence-corrected chi connectivity index (χ2v) is 4.26. The topological polar surface area (TPSA) is 3.24 Å². The van der Waals surface area contributed by atoms with E-state index in [1.165, 1.54) is 56.7 Å². The predicted octanol–water partition coefficient (Wildman–Crippen LogP) is 1.57. The Morgan fingerprint density at radius 3 is 1.92 bits per heavy atom. The highest BCUT2D eigenvalue weighted by Gasteiger charge is 2.28. The summed E-state index contributed by atoms with van der Waals surface area (Å²) in [5.74, 6) is 0. The van der Waals surface area contributed by atoms with Crippen LogP contribution in [0.5, 0.6) is 0 Å². The standard InChI is InChI=1S/C11H25N2/c1-4-7-12-8-10-13(5-2,6-3)11-9-12/h4-11H2,1-3H3/q+1. The Hall–Kier alpha value is -0.0800. The Balaban J connectivity index is 2.36. The van der Waals surface area contributed by atoms with Crippen molar-refractivity contribution in [3.8, 4) is 0 Å². The Morgan fingerprint density at radius 2 is 1.54 bits per heavy atom. The molecule has 0 radical (unpaired) electrons. The number of nitrogens with zero attached hydrogens (tertiary/aromatic N) is 2. The first kappa shape index (κ1) is 11.0. The van der Waals surface area contributed by atoms with Gasteiger partial charge in [-0.25, -0.2) is 0 Å². The van der Waals surface area contributed by atoms with Crippen LogP contribution in [0.25, 0.3) is 0 Å². The summed E-state index contributed by atoms with van der Waals surface area (Å²) in [6, 6.07) is 0. The van der Waals surface area contributed by atoms with Crippen LogP contribution in [0.2, 0.25) is 0 Å². The molecule has 0 aromatic rings. The molecule has 1 heterocycles. The molecule has 2 heteroatoms. The highest BCUT2D eigenvalue weighted by atomic mass is 15.4. The summed E-state index contributed by atoms with van der Waals surface area (Å²) < 4.78 is 1.35. The van der Waals surface area contributed by atoms with Gasteiger partial charge in [-0.05, 0) is 26.8 Å². The van der Waals surface area contributed by atoms with Crippen molar-refractivity contribution in [2.75, 3.05) is 45.8 Å². The molecule has 0 atom stereocenters. The molecule has 0 spiro atoms. The first-order valence-electron chi connectivity index (χ1n) is 5.83. The molecule has 0 bridgehead atoms. The lowest BCUT2D eigenvalue weighted by molar-refractivity contribution is -0.928. The van der Waals surface area contributed by atoms with Gasteiger partial charge in [-0.3, -0.25) is 4.90 Å². The number of rotatable bonds is 4. The summed E-state index contributed by atoms with van der Waals surface area (Å²) in [7, 11) is 0. The van der Waals surface area contributed by atoms with Gasteiger partial charge >= 0.3 is 0 Å². The molecule has 0 unspecified atom stereocenters. The summed E-state index contributed by atoms with van der Waals surface area (Å²) in [4.78, 5) is 2.61. The second-order valence-electron chi connectivity index (χ2n) is 4.26. The van der Waals surface area contributed by atoms with Crippen molar-refractivity contribution in [1.82, 2.24) is 4.90 Å². The zero-order valence-corrected chi connectivity index (χ0v) is 9.55. The number of likely N-dealkylation sites (N-methyl/N-ethyl adjacent to an activating group) is 1. The van der Waals surface area contributed by atoms with Gasteiger partial charge in [-0.15, -0.1) is 0 Å². The SMILES string of the molecule is CCCN1CC[N+](CC)(CC)CC1. The summed E-state index contributed by atoms with van der Waals surface area (Å²) in [5, 5.41) is 0. The zero-order chi connectivity index (χ0) is 9.73. The monoisotopic (exact) mass is 185 g/mol. The molecule has 0 aliphatic carbocycles. The summed E-state index contributed by atoms with van der Waals surface area (Å²) in [5.41, 5.74) is 0. The number of quaternary nitrogens is 1. The molecule has 1 saturated heterocycles. The van der Waals surface area contributed by atoms with E-state index >= 15 is 0 Å². The van der Waals surface area contributed by atoms with Gasteiger partial charge in [-0.2, -0.15) is 0 Å². The molecular weight excluding hydrogens is 160 g/mol. The Morgan fingerprint density at radius 1 is 1.00 bits per heavy atom. The van der Waals surface area contributed by atoms with E-state index in [4.69, 9.17) is 0 Å². The van der Waals surface area contributed by atoms with Crippen LogP contribution in [0.1, 0.15) is 27.2 Å². The Bertz CT molecular complexity index is 131. The molecule has 1 aliphatic rings. The molecule has 0 saturated carbocycles. The minimum Gasteiger partial charge on any atom is -0.322 e. The van der Waals surface area contributed by atoms with Crippen molar-refractivity contribution >= 4 is 0 Å². The van der Waals surface area contributed by atoms with Gasteiger partial charge in [-0.1, -0.05) is 6.92 Å². The van der Waals surface area contributed by atoms with E-state index < -0.39 is 0 Å². The maximum absolute atomic E-state index is 2.61. The molecule has 0 N–H and O–H groups in total. The molecule has 1 rings (SSSR count). The summed E-state index contributed by atoms with van der Waals surface area (Å²) in [6.45, 7) is 16.2. The van der Waals surface area contributed by atoms with Crippen LogP contribution < -0.4 is 0 Å². The van der Waals surface area contributed by atoms with Crippen LogP contribution in [0.15, 0.2) is 0 Å². The Labute approximate surface area is 83.1 Å². The van der Waals surface area contributed by atoms with E-state index in [9.17, 15) is 0 Å². The average Bonchev–Trinajstić information content (AvgIpc) is 2.20. The van der Waals surface area contributed by atoms with E-state index in [1.807, 2.05) is 0 Å². The third kappa shape index (κ3) is 2.68. The third-order valence-corrected chi connectivity index (χ3v) is 3.66. The molecule has 0 amide bonds. The van der Waals surface area contributed by atoms with Gasteiger partial charge in [0.25, 0.3) is 0 Å². The molecule has 1 aliphatic heterocycles. The average molecular weight is 185 g/mol. The maximum atomic E-state index is 2.61. The summed E-state index contributed by atoms with van der Waals surface area (Å²) in [6.07, 6.45) is 1.30. The molecule has 1 fully saturated rings. The largest absolute Gasteiger partial charge is 0.322 e. The van der Waals surface area contributed by atoms with Crippen molar-refractivity contribution in [3.63, 3.8) is 0 Å². The molecule has 0 aromatic carbocycles. The number of piperazine rings is 1. The molecule has 78 valence electrons. The lowest BCUT2D eigenvalue weighted by Gasteiger charge is -2.43. The zero-order valence-electron chi connectivity index (χ0n) is 9.55. The van der Waals surface area contributed by atoms with E-state index in [1.54, 1.807) is 0 Å². The third-order valence-electron chi connectivity index (χ3n) is 3.66. The molecule has 2 nitrogen and oxygen atoms in total. The first-order valence-corrected chi connectivity index (χ1v) is 5.83. The lowest BCUT2D eigenvalue weighted by Crippen LogP contribution is -2.59. The molecule has 0 aromatic heterocycles. The van der Waals surface area contributed by atoms with Gasteiger partial charge in [0, 0.05) is 13.1 Å². The minimum absolute atomic E-state index is 1.30. The fourth-order valence-corrected chi connectivity index (χ4v) is 2.33. The van der Waals surface area contributed by atoms with Crippen LogP contribution in [-0.4, -0.2) is 55.2 Å². The van der Waals surface area contributed by atoms with Crippen LogP contribution >= 0.6 is 0 Å². The van der Waals surface area contributed by atoms with Crippen molar-refractivity contribution < 1.29 is 4.48 Å². The first-order chi connectivity index (χ1) is 6.26. The normalized spacial score (nSPS) is 23.3. The predicted molar refractivity (Wildman–Crippen MR) is 57.8 cm³/mol. The second kappa shape index (κ2) is 4.97. The fourth-order valence-electron chi connectivity index (χ4n) is 2.33. The van der Waals surface area contributed by atoms with Gasteiger partial charge in [0.15, 0.2) is 0 Å². The smallest absolute Gasteiger partial charge is 0.0916 e. The number of hydrogen-bond donors (Lipinski definition) is 0. The maximum Gasteiger partial charge on any atom is 0.0916 e. The highest BCUT2D eigenvalue weighted by Crippen LogP contribution is 2.12. The van der Waals surface area contributed by atoms with Gasteiger partial charge in [0.2, 0.25) is 0 Å². The number of hydrogen-bond acceptors (Lipinski definition) is 1. The van der Waals surface area contributed by atoms with Gasteiger partial charge in [0.05, 0.1) is 26.2 Å².